The molecule has 0 saturated heterocycles. The van der Waals surface area contributed by atoms with E-state index in [0.717, 1.165) is 12.0 Å². The second kappa shape index (κ2) is 7.53. The molecule has 1 atom stereocenters. The quantitative estimate of drug-likeness (QED) is 0.765. The van der Waals surface area contributed by atoms with Crippen LogP contribution in [0.3, 0.4) is 0 Å². The Morgan fingerprint density at radius 1 is 1.32 bits per heavy atom. The van der Waals surface area contributed by atoms with E-state index in [1.54, 1.807) is 7.05 Å². The highest BCUT2D eigenvalue weighted by atomic mass is 16.4. The molecule has 5 nitrogen and oxygen atoms in total. The second-order valence-electron chi connectivity index (χ2n) is 4.53. The molecule has 1 rings (SSSR count). The summed E-state index contributed by atoms with van der Waals surface area (Å²) in [5.41, 5.74) is 6.97. The van der Waals surface area contributed by atoms with E-state index in [1.165, 1.54) is 4.90 Å². The van der Waals surface area contributed by atoms with Gasteiger partial charge < -0.3 is 15.7 Å². The lowest BCUT2D eigenvalue weighted by molar-refractivity contribution is -0.138. The smallest absolute Gasteiger partial charge is 0.305 e. The molecule has 5 heteroatoms. The van der Waals surface area contributed by atoms with Gasteiger partial charge in [-0.25, -0.2) is 0 Å². The average molecular weight is 264 g/mol. The van der Waals surface area contributed by atoms with E-state index in [-0.39, 0.29) is 18.9 Å². The molecule has 0 radical (unpaired) electrons. The minimum atomic E-state index is -0.919. The third kappa shape index (κ3) is 5.52. The van der Waals surface area contributed by atoms with Crippen molar-refractivity contribution in [3.63, 3.8) is 0 Å². The average Bonchev–Trinajstić information content (AvgIpc) is 2.42. The maximum atomic E-state index is 11.9. The summed E-state index contributed by atoms with van der Waals surface area (Å²) in [5, 5.41) is 8.57. The monoisotopic (exact) mass is 264 g/mol. The lowest BCUT2D eigenvalue weighted by Crippen LogP contribution is -2.42. The first-order chi connectivity index (χ1) is 9.00. The van der Waals surface area contributed by atoms with E-state index in [4.69, 9.17) is 10.8 Å². The van der Waals surface area contributed by atoms with Crippen LogP contribution in [0.1, 0.15) is 18.4 Å². The summed E-state index contributed by atoms with van der Waals surface area (Å²) in [6.45, 7) is 0.188. The highest BCUT2D eigenvalue weighted by Crippen LogP contribution is 2.05. The summed E-state index contributed by atoms with van der Waals surface area (Å²) in [5.74, 6) is -1.13. The Bertz CT molecular complexity index is 420. The minimum absolute atomic E-state index is 0.0619. The summed E-state index contributed by atoms with van der Waals surface area (Å²) >= 11 is 0. The van der Waals surface area contributed by atoms with Gasteiger partial charge >= 0.3 is 5.97 Å². The Kier molecular flexibility index (Phi) is 6.02. The third-order valence-corrected chi connectivity index (χ3v) is 2.94. The number of carboxylic acids is 1. The van der Waals surface area contributed by atoms with E-state index >= 15 is 0 Å². The fourth-order valence-electron chi connectivity index (χ4n) is 1.75. The van der Waals surface area contributed by atoms with Gasteiger partial charge in [0.15, 0.2) is 0 Å². The van der Waals surface area contributed by atoms with Gasteiger partial charge in [0.25, 0.3) is 0 Å². The van der Waals surface area contributed by atoms with Gasteiger partial charge in [-0.1, -0.05) is 30.3 Å². The molecule has 0 spiro atoms. The van der Waals surface area contributed by atoms with Gasteiger partial charge in [-0.15, -0.1) is 0 Å². The predicted octanol–water partition coefficient (Wildman–Crippen LogP) is 0.880. The van der Waals surface area contributed by atoms with Crippen LogP contribution >= 0.6 is 0 Å². The number of amides is 1. The summed E-state index contributed by atoms with van der Waals surface area (Å²) < 4.78 is 0. The van der Waals surface area contributed by atoms with Crippen LogP contribution in [0, 0.1) is 0 Å². The van der Waals surface area contributed by atoms with Crippen molar-refractivity contribution in [1.29, 1.82) is 0 Å². The fraction of sp³-hybridized carbons (Fsp3) is 0.429. The zero-order valence-corrected chi connectivity index (χ0v) is 11.1. The Labute approximate surface area is 113 Å². The van der Waals surface area contributed by atoms with Crippen molar-refractivity contribution >= 4 is 11.9 Å². The topological polar surface area (TPSA) is 83.6 Å². The Morgan fingerprint density at radius 2 is 1.95 bits per heavy atom. The molecular weight excluding hydrogens is 244 g/mol. The molecule has 1 unspecified atom stereocenters. The summed E-state index contributed by atoms with van der Waals surface area (Å²) in [6, 6.07) is 9.23. The SMILES string of the molecule is CN(CCC(=O)O)C(=O)C(N)CCc1ccccc1. The van der Waals surface area contributed by atoms with Crippen LogP contribution in [0.25, 0.3) is 0 Å². The third-order valence-electron chi connectivity index (χ3n) is 2.94. The van der Waals surface area contributed by atoms with Crippen molar-refractivity contribution in [1.82, 2.24) is 4.90 Å². The number of likely N-dealkylation sites (N-methyl/N-ethyl adjacent to an activating group) is 1. The van der Waals surface area contributed by atoms with Crippen molar-refractivity contribution in [2.75, 3.05) is 13.6 Å². The summed E-state index contributed by atoms with van der Waals surface area (Å²) in [7, 11) is 1.58. The molecule has 0 aliphatic rings. The number of nitrogens with zero attached hydrogens (tertiary/aromatic N) is 1. The van der Waals surface area contributed by atoms with Crippen molar-refractivity contribution in [2.45, 2.75) is 25.3 Å². The van der Waals surface area contributed by atoms with Crippen LogP contribution in [0.5, 0.6) is 0 Å². The number of nitrogens with two attached hydrogens (primary N) is 1. The number of aliphatic carboxylic acids is 1. The molecule has 0 heterocycles. The van der Waals surface area contributed by atoms with E-state index in [0.29, 0.717) is 6.42 Å². The first-order valence-corrected chi connectivity index (χ1v) is 6.27. The number of carboxylic acid groups (broad SMARTS) is 1. The molecule has 0 saturated carbocycles. The van der Waals surface area contributed by atoms with Gasteiger partial charge in [-0.05, 0) is 18.4 Å². The molecule has 1 aromatic rings. The number of hydrogen-bond acceptors (Lipinski definition) is 3. The van der Waals surface area contributed by atoms with Gasteiger partial charge in [-0.3, -0.25) is 9.59 Å². The van der Waals surface area contributed by atoms with Crippen molar-refractivity contribution in [2.24, 2.45) is 5.73 Å². The van der Waals surface area contributed by atoms with Gasteiger partial charge in [0.1, 0.15) is 0 Å². The number of aryl methyl sites for hydroxylation is 1. The van der Waals surface area contributed by atoms with Gasteiger partial charge in [0, 0.05) is 13.6 Å². The largest absolute Gasteiger partial charge is 0.481 e. The molecule has 0 aliphatic heterocycles. The number of carbonyl (C=O) groups excluding carboxylic acids is 1. The molecule has 1 aromatic carbocycles. The molecule has 1 amide bonds. The second-order valence-corrected chi connectivity index (χ2v) is 4.53. The lowest BCUT2D eigenvalue weighted by atomic mass is 10.1. The van der Waals surface area contributed by atoms with Crippen LogP contribution in [-0.4, -0.2) is 41.5 Å². The Hall–Kier alpha value is -1.88. The summed E-state index contributed by atoms with van der Waals surface area (Å²) in [4.78, 5) is 23.7. The molecule has 104 valence electrons. The molecule has 19 heavy (non-hydrogen) atoms. The normalized spacial score (nSPS) is 11.9. The molecule has 0 aromatic heterocycles. The number of hydrogen-bond donors (Lipinski definition) is 2. The van der Waals surface area contributed by atoms with Gasteiger partial charge in [0.2, 0.25) is 5.91 Å². The van der Waals surface area contributed by atoms with Crippen LogP contribution in [0.4, 0.5) is 0 Å². The molecule has 0 fully saturated rings. The summed E-state index contributed by atoms with van der Waals surface area (Å²) in [6.07, 6.45) is 1.23. The first kappa shape index (κ1) is 15.2. The first-order valence-electron chi connectivity index (χ1n) is 6.27. The highest BCUT2D eigenvalue weighted by molar-refractivity contribution is 5.81. The standard InChI is InChI=1S/C14H20N2O3/c1-16(10-9-13(17)18)14(19)12(15)8-7-11-5-3-2-4-6-11/h2-6,12H,7-10,15H2,1H3,(H,17,18). The van der Waals surface area contributed by atoms with Crippen LogP contribution in [0.2, 0.25) is 0 Å². The van der Waals surface area contributed by atoms with E-state index in [9.17, 15) is 9.59 Å². The maximum Gasteiger partial charge on any atom is 0.305 e. The van der Waals surface area contributed by atoms with Crippen molar-refractivity contribution in [3.05, 3.63) is 35.9 Å². The molecule has 0 bridgehead atoms. The van der Waals surface area contributed by atoms with Gasteiger partial charge in [0.05, 0.1) is 12.5 Å². The van der Waals surface area contributed by atoms with E-state index < -0.39 is 12.0 Å². The maximum absolute atomic E-state index is 11.9. The predicted molar refractivity (Wildman–Crippen MR) is 72.6 cm³/mol. The van der Waals surface area contributed by atoms with Crippen molar-refractivity contribution in [3.8, 4) is 0 Å². The zero-order chi connectivity index (χ0) is 14.3. The number of benzene rings is 1. The number of rotatable bonds is 7. The van der Waals surface area contributed by atoms with Crippen LogP contribution < -0.4 is 5.73 Å². The Morgan fingerprint density at radius 3 is 2.53 bits per heavy atom. The zero-order valence-electron chi connectivity index (χ0n) is 11.1. The van der Waals surface area contributed by atoms with E-state index in [2.05, 4.69) is 0 Å². The van der Waals surface area contributed by atoms with Gasteiger partial charge in [-0.2, -0.15) is 0 Å². The molecule has 3 N–H and O–H groups in total. The minimum Gasteiger partial charge on any atom is -0.481 e. The highest BCUT2D eigenvalue weighted by Gasteiger charge is 2.18. The van der Waals surface area contributed by atoms with Crippen LogP contribution in [-0.2, 0) is 16.0 Å². The molecular formula is C14H20N2O3. The van der Waals surface area contributed by atoms with Crippen LogP contribution in [0.15, 0.2) is 30.3 Å². The Balaban J connectivity index is 2.38. The van der Waals surface area contributed by atoms with E-state index in [1.807, 2.05) is 30.3 Å². The fourth-order valence-corrected chi connectivity index (χ4v) is 1.75. The lowest BCUT2D eigenvalue weighted by Gasteiger charge is -2.20. The number of carbonyl (C=O) groups is 2. The van der Waals surface area contributed by atoms with Crippen molar-refractivity contribution < 1.29 is 14.7 Å². The molecule has 0 aliphatic carbocycles.